The van der Waals surface area contributed by atoms with E-state index in [0.29, 0.717) is 0 Å². The Morgan fingerprint density at radius 2 is 1.64 bits per heavy atom. The molecule has 1 aromatic carbocycles. The first kappa shape index (κ1) is 12.5. The maximum absolute atomic E-state index is 11.9. The van der Waals surface area contributed by atoms with Crippen LogP contribution in [0.3, 0.4) is 0 Å². The molecule has 0 saturated heterocycles. The Kier molecular flexibility index (Phi) is 9.96. The van der Waals surface area contributed by atoms with Crippen LogP contribution in [0.5, 0.6) is 0 Å². The second-order valence-corrected chi connectivity index (χ2v) is 1.40. The molecule has 0 spiro atoms. The SMILES string of the molecule is Fc1ccccc1.O=CO.[BeH2]. The minimum absolute atomic E-state index is 0. The third-order valence-electron chi connectivity index (χ3n) is 0.733. The van der Waals surface area contributed by atoms with E-state index in [2.05, 4.69) is 0 Å². The molecule has 1 aromatic rings. The Hall–Kier alpha value is -1.21. The molecule has 0 aliphatic rings. The van der Waals surface area contributed by atoms with E-state index in [0.717, 1.165) is 0 Å². The molecule has 0 bridgehead atoms. The van der Waals surface area contributed by atoms with Gasteiger partial charge in [-0.05, 0) is 12.1 Å². The van der Waals surface area contributed by atoms with Crippen LogP contribution in [0.1, 0.15) is 0 Å². The summed E-state index contributed by atoms with van der Waals surface area (Å²) in [5.74, 6) is -0.178. The molecular formula is C7H9BeFO2. The molecule has 1 N–H and O–H groups in total. The van der Waals surface area contributed by atoms with Gasteiger partial charge in [0.05, 0.1) is 0 Å². The van der Waals surface area contributed by atoms with Gasteiger partial charge in [-0.1, -0.05) is 18.2 Å². The van der Waals surface area contributed by atoms with E-state index in [1.54, 1.807) is 18.2 Å². The predicted molar refractivity (Wildman–Crippen MR) is 43.6 cm³/mol. The van der Waals surface area contributed by atoms with Crippen LogP contribution in [-0.4, -0.2) is 21.7 Å². The maximum atomic E-state index is 11.9. The molecule has 0 aliphatic carbocycles. The van der Waals surface area contributed by atoms with Gasteiger partial charge in [-0.2, -0.15) is 0 Å². The second-order valence-electron chi connectivity index (χ2n) is 1.40. The molecule has 0 saturated carbocycles. The zero-order valence-corrected chi connectivity index (χ0v) is 5.20. The third kappa shape index (κ3) is 8.79. The van der Waals surface area contributed by atoms with Crippen LogP contribution in [0.25, 0.3) is 0 Å². The van der Waals surface area contributed by atoms with E-state index in [1.807, 2.05) is 0 Å². The van der Waals surface area contributed by atoms with Gasteiger partial charge in [0.25, 0.3) is 6.47 Å². The molecule has 0 unspecified atom stereocenters. The third-order valence-corrected chi connectivity index (χ3v) is 0.733. The number of hydrogen-bond donors (Lipinski definition) is 1. The Morgan fingerprint density at radius 1 is 1.27 bits per heavy atom. The van der Waals surface area contributed by atoms with Gasteiger partial charge in [0.15, 0.2) is 0 Å². The van der Waals surface area contributed by atoms with Crippen LogP contribution < -0.4 is 0 Å². The standard InChI is InChI=1S/C6H5F.CH2O2.Be.2H/c7-6-4-2-1-3-5-6;2-1-3;;;/h1-5H;1H,(H,2,3);;;. The summed E-state index contributed by atoms with van der Waals surface area (Å²) in [6, 6.07) is 7.94. The molecule has 0 heterocycles. The molecule has 0 aliphatic heterocycles. The minimum atomic E-state index is -0.250. The second kappa shape index (κ2) is 8.79. The Morgan fingerprint density at radius 3 is 1.82 bits per heavy atom. The predicted octanol–water partition coefficient (Wildman–Crippen LogP) is 0.610. The van der Waals surface area contributed by atoms with Crippen LogP contribution in [0.15, 0.2) is 30.3 Å². The van der Waals surface area contributed by atoms with Gasteiger partial charge in [0.2, 0.25) is 0 Å². The molecule has 2 nitrogen and oxygen atoms in total. The molecule has 1 rings (SSSR count). The summed E-state index contributed by atoms with van der Waals surface area (Å²) in [6.07, 6.45) is 0. The summed E-state index contributed by atoms with van der Waals surface area (Å²) in [6.45, 7) is -0.250. The van der Waals surface area contributed by atoms with Crippen molar-refractivity contribution < 1.29 is 14.3 Å². The van der Waals surface area contributed by atoms with Crippen molar-refractivity contribution in [2.45, 2.75) is 0 Å². The van der Waals surface area contributed by atoms with Gasteiger partial charge in [-0.3, -0.25) is 4.79 Å². The van der Waals surface area contributed by atoms with Crippen molar-refractivity contribution in [3.63, 3.8) is 0 Å². The van der Waals surface area contributed by atoms with Gasteiger partial charge in [0, 0.05) is 0 Å². The topological polar surface area (TPSA) is 37.3 Å². The summed E-state index contributed by atoms with van der Waals surface area (Å²) in [5.41, 5.74) is 0. The van der Waals surface area contributed by atoms with Crippen molar-refractivity contribution >= 4 is 16.6 Å². The van der Waals surface area contributed by atoms with Gasteiger partial charge in [0.1, 0.15) is 5.82 Å². The summed E-state index contributed by atoms with van der Waals surface area (Å²) in [5, 5.41) is 6.89. The molecule has 11 heavy (non-hydrogen) atoms. The Balaban J connectivity index is 0. The van der Waals surface area contributed by atoms with Gasteiger partial charge in [-0.25, -0.2) is 4.39 Å². The molecule has 58 valence electrons. The van der Waals surface area contributed by atoms with Crippen molar-refractivity contribution in [3.8, 4) is 0 Å². The first-order chi connectivity index (χ1) is 4.81. The van der Waals surface area contributed by atoms with Crippen LogP contribution in [-0.2, 0) is 4.79 Å². The van der Waals surface area contributed by atoms with Crippen LogP contribution in [0.2, 0.25) is 0 Å². The Labute approximate surface area is 67.9 Å². The Bertz CT molecular complexity index is 179. The van der Waals surface area contributed by atoms with E-state index in [4.69, 9.17) is 9.90 Å². The number of halogens is 1. The monoisotopic (exact) mass is 153 g/mol. The molecular weight excluding hydrogens is 144 g/mol. The van der Waals surface area contributed by atoms with Crippen molar-refractivity contribution in [3.05, 3.63) is 36.1 Å². The zero-order valence-electron chi connectivity index (χ0n) is 5.20. The fourth-order valence-corrected chi connectivity index (χ4v) is 0.415. The van der Waals surface area contributed by atoms with Gasteiger partial charge >= 0.3 is 10.1 Å². The van der Waals surface area contributed by atoms with E-state index in [-0.39, 0.29) is 22.4 Å². The van der Waals surface area contributed by atoms with E-state index >= 15 is 0 Å². The fourth-order valence-electron chi connectivity index (χ4n) is 0.415. The van der Waals surface area contributed by atoms with Gasteiger partial charge in [-0.15, -0.1) is 0 Å². The number of carbonyl (C=O) groups is 1. The van der Waals surface area contributed by atoms with Crippen LogP contribution >= 0.6 is 0 Å². The summed E-state index contributed by atoms with van der Waals surface area (Å²) in [4.78, 5) is 8.36. The molecule has 0 atom stereocenters. The summed E-state index contributed by atoms with van der Waals surface area (Å²) < 4.78 is 11.9. The molecule has 0 fully saturated rings. The number of hydrogen-bond acceptors (Lipinski definition) is 1. The number of carboxylic acid groups (broad SMARTS) is 1. The first-order valence-electron chi connectivity index (χ1n) is 2.59. The first-order valence-corrected chi connectivity index (χ1v) is 2.59. The quantitative estimate of drug-likeness (QED) is 0.438. The van der Waals surface area contributed by atoms with Crippen molar-refractivity contribution in [1.82, 2.24) is 0 Å². The average Bonchev–Trinajstić information content (AvgIpc) is 1.91. The van der Waals surface area contributed by atoms with Gasteiger partial charge < -0.3 is 5.11 Å². The van der Waals surface area contributed by atoms with Crippen molar-refractivity contribution in [1.29, 1.82) is 0 Å². The average molecular weight is 153 g/mol. The van der Waals surface area contributed by atoms with Crippen molar-refractivity contribution in [2.75, 3.05) is 0 Å². The van der Waals surface area contributed by atoms with E-state index in [1.165, 1.54) is 12.1 Å². The summed E-state index contributed by atoms with van der Waals surface area (Å²) >= 11 is 0. The van der Waals surface area contributed by atoms with E-state index < -0.39 is 0 Å². The van der Waals surface area contributed by atoms with Crippen LogP contribution in [0.4, 0.5) is 4.39 Å². The molecule has 0 radical (unpaired) electrons. The number of rotatable bonds is 0. The molecule has 0 aromatic heterocycles. The van der Waals surface area contributed by atoms with Crippen LogP contribution in [0, 0.1) is 5.82 Å². The van der Waals surface area contributed by atoms with Crippen molar-refractivity contribution in [2.24, 2.45) is 0 Å². The molecule has 0 amide bonds. The fraction of sp³-hybridized carbons (Fsp3) is 0. The summed E-state index contributed by atoms with van der Waals surface area (Å²) in [7, 11) is 0. The normalized spacial score (nSPS) is 6.64. The molecule has 4 heteroatoms. The zero-order chi connectivity index (χ0) is 7.82. The van der Waals surface area contributed by atoms with E-state index in [9.17, 15) is 4.39 Å². The number of benzene rings is 1.